The highest BCUT2D eigenvalue weighted by Crippen LogP contribution is 2.44. The van der Waals surface area contributed by atoms with E-state index in [2.05, 4.69) is 15.3 Å². The molecule has 0 atom stereocenters. The molecular formula is C17H16F3N5O2. The monoisotopic (exact) mass is 379 g/mol. The van der Waals surface area contributed by atoms with Crippen LogP contribution in [-0.4, -0.2) is 28.2 Å². The number of hydrazine groups is 1. The molecule has 1 fully saturated rings. The quantitative estimate of drug-likeness (QED) is 0.692. The number of alkyl halides is 2. The Morgan fingerprint density at radius 1 is 1.07 bits per heavy atom. The number of hydrogen-bond acceptors (Lipinski definition) is 5. The van der Waals surface area contributed by atoms with Crippen molar-refractivity contribution in [2.75, 3.05) is 5.32 Å². The zero-order valence-electron chi connectivity index (χ0n) is 14.0. The van der Waals surface area contributed by atoms with Crippen molar-refractivity contribution in [2.24, 2.45) is 0 Å². The van der Waals surface area contributed by atoms with Crippen molar-refractivity contribution in [1.82, 2.24) is 20.8 Å². The van der Waals surface area contributed by atoms with Gasteiger partial charge in [-0.3, -0.25) is 20.4 Å². The molecule has 2 aromatic rings. The summed E-state index contributed by atoms with van der Waals surface area (Å²) in [6, 6.07) is 6.46. The van der Waals surface area contributed by atoms with Crippen LogP contribution in [0.25, 0.3) is 0 Å². The predicted molar refractivity (Wildman–Crippen MR) is 89.2 cm³/mol. The normalized spacial score (nSPS) is 15.0. The van der Waals surface area contributed by atoms with E-state index in [1.54, 1.807) is 23.6 Å². The van der Waals surface area contributed by atoms with Gasteiger partial charge in [-0.1, -0.05) is 18.2 Å². The number of rotatable bonds is 5. The van der Waals surface area contributed by atoms with E-state index in [0.717, 1.165) is 6.42 Å². The van der Waals surface area contributed by atoms with Gasteiger partial charge in [0.1, 0.15) is 5.82 Å². The summed E-state index contributed by atoms with van der Waals surface area (Å²) in [4.78, 5) is 30.6. The molecule has 1 aromatic heterocycles. The van der Waals surface area contributed by atoms with Gasteiger partial charge in [0.05, 0.1) is 11.1 Å². The Morgan fingerprint density at radius 2 is 1.74 bits per heavy atom. The molecule has 0 saturated heterocycles. The van der Waals surface area contributed by atoms with Crippen molar-refractivity contribution in [3.63, 3.8) is 0 Å². The summed E-state index contributed by atoms with van der Waals surface area (Å²) in [5.41, 5.74) is 3.29. The van der Waals surface area contributed by atoms with Crippen LogP contribution in [0, 0.1) is 5.82 Å². The molecule has 1 aliphatic carbocycles. The number of carbonyl (C=O) groups is 2. The zero-order chi connectivity index (χ0) is 19.4. The number of hydrogen-bond donors (Lipinski definition) is 3. The lowest BCUT2D eigenvalue weighted by atomic mass is 9.71. The maximum absolute atomic E-state index is 14.2. The van der Waals surface area contributed by atoms with Gasteiger partial charge in [-0.25, -0.2) is 14.4 Å². The molecule has 1 aliphatic rings. The van der Waals surface area contributed by atoms with E-state index in [-0.39, 0.29) is 17.3 Å². The fourth-order valence-electron chi connectivity index (χ4n) is 2.81. The summed E-state index contributed by atoms with van der Waals surface area (Å²) in [5, 5.41) is 3.12. The molecule has 27 heavy (non-hydrogen) atoms. The molecule has 0 aliphatic heterocycles. The third-order valence-electron chi connectivity index (χ3n) is 4.36. The summed E-state index contributed by atoms with van der Waals surface area (Å²) in [7, 11) is 0. The van der Waals surface area contributed by atoms with Crippen LogP contribution >= 0.6 is 0 Å². The molecule has 0 spiro atoms. The molecule has 1 heterocycles. The second kappa shape index (κ2) is 7.60. The van der Waals surface area contributed by atoms with Crippen LogP contribution in [0.3, 0.4) is 0 Å². The Kier molecular flexibility index (Phi) is 5.24. The molecule has 1 aromatic carbocycles. The highest BCUT2D eigenvalue weighted by molar-refractivity contribution is 5.95. The van der Waals surface area contributed by atoms with Gasteiger partial charge < -0.3 is 5.32 Å². The highest BCUT2D eigenvalue weighted by atomic mass is 19.3. The van der Waals surface area contributed by atoms with Crippen LogP contribution in [0.5, 0.6) is 0 Å². The van der Waals surface area contributed by atoms with Crippen molar-refractivity contribution < 1.29 is 22.8 Å². The Hall–Kier alpha value is -3.17. The summed E-state index contributed by atoms with van der Waals surface area (Å²) >= 11 is 0. The first-order chi connectivity index (χ1) is 12.9. The Bertz CT molecular complexity index is 841. The average Bonchev–Trinajstić information content (AvgIpc) is 2.63. The van der Waals surface area contributed by atoms with Crippen molar-refractivity contribution in [3.05, 3.63) is 53.6 Å². The van der Waals surface area contributed by atoms with Gasteiger partial charge in [0.15, 0.2) is 0 Å². The Labute approximate surface area is 152 Å². The summed E-state index contributed by atoms with van der Waals surface area (Å²) in [6.45, 7) is 0. The first kappa shape index (κ1) is 18.6. The van der Waals surface area contributed by atoms with Crippen LogP contribution in [0.1, 0.15) is 35.2 Å². The van der Waals surface area contributed by atoms with Crippen LogP contribution in [0.4, 0.5) is 19.1 Å². The second-order valence-corrected chi connectivity index (χ2v) is 6.08. The van der Waals surface area contributed by atoms with Crippen molar-refractivity contribution in [2.45, 2.75) is 31.2 Å². The van der Waals surface area contributed by atoms with E-state index in [1.807, 2.05) is 5.43 Å². The summed E-state index contributed by atoms with van der Waals surface area (Å²) < 4.78 is 38.3. The van der Waals surface area contributed by atoms with Crippen molar-refractivity contribution in [1.29, 1.82) is 0 Å². The smallest absolute Gasteiger partial charge is 0.317 e. The van der Waals surface area contributed by atoms with E-state index < -0.39 is 23.8 Å². The third kappa shape index (κ3) is 3.99. The van der Waals surface area contributed by atoms with Gasteiger partial charge in [-0.15, -0.1) is 0 Å². The number of benzene rings is 1. The molecule has 2 amide bonds. The number of amides is 2. The van der Waals surface area contributed by atoms with Gasteiger partial charge >= 0.3 is 12.3 Å². The Morgan fingerprint density at radius 3 is 2.30 bits per heavy atom. The molecule has 3 N–H and O–H groups in total. The minimum absolute atomic E-state index is 0.0383. The van der Waals surface area contributed by atoms with Gasteiger partial charge in [-0.05, 0) is 25.3 Å². The maximum atomic E-state index is 14.2. The standard InChI is InChI=1S/C17H16F3N5O2/c18-12-5-2-1-4-11(12)17(6-3-7-17)23-16-21-8-10(9-22-16)14(26)24-25-15(27)13(19)20/h1-2,4-5,8-9,13H,3,6-7H2,(H,24,26)(H,25,27)(H,21,22,23). The number of nitrogens with one attached hydrogen (secondary N) is 3. The van der Waals surface area contributed by atoms with Gasteiger partial charge in [-0.2, -0.15) is 8.78 Å². The van der Waals surface area contributed by atoms with E-state index in [9.17, 15) is 22.8 Å². The highest BCUT2D eigenvalue weighted by Gasteiger charge is 2.41. The lowest BCUT2D eigenvalue weighted by molar-refractivity contribution is -0.132. The minimum Gasteiger partial charge on any atom is -0.345 e. The van der Waals surface area contributed by atoms with E-state index >= 15 is 0 Å². The van der Waals surface area contributed by atoms with E-state index in [0.29, 0.717) is 18.4 Å². The number of carbonyl (C=O) groups excluding carboxylic acids is 2. The van der Waals surface area contributed by atoms with E-state index in [1.165, 1.54) is 18.5 Å². The molecule has 0 radical (unpaired) electrons. The fraction of sp³-hybridized carbons (Fsp3) is 0.294. The molecule has 0 bridgehead atoms. The summed E-state index contributed by atoms with van der Waals surface area (Å²) in [6.07, 6.45) is 1.44. The second-order valence-electron chi connectivity index (χ2n) is 6.08. The van der Waals surface area contributed by atoms with Gasteiger partial charge in [0.25, 0.3) is 5.91 Å². The Balaban J connectivity index is 1.68. The molecule has 10 heteroatoms. The lowest BCUT2D eigenvalue weighted by Crippen LogP contribution is -2.44. The van der Waals surface area contributed by atoms with Crippen LogP contribution in [0.2, 0.25) is 0 Å². The van der Waals surface area contributed by atoms with Crippen LogP contribution in [-0.2, 0) is 10.3 Å². The van der Waals surface area contributed by atoms with Crippen LogP contribution < -0.4 is 16.2 Å². The molecular weight excluding hydrogens is 363 g/mol. The fourth-order valence-corrected chi connectivity index (χ4v) is 2.81. The number of nitrogens with zero attached hydrogens (tertiary/aromatic N) is 2. The molecule has 0 unspecified atom stereocenters. The first-order valence-electron chi connectivity index (χ1n) is 8.15. The molecule has 1 saturated carbocycles. The van der Waals surface area contributed by atoms with Crippen LogP contribution in [0.15, 0.2) is 36.7 Å². The number of halogens is 3. The lowest BCUT2D eigenvalue weighted by Gasteiger charge is -2.43. The first-order valence-corrected chi connectivity index (χ1v) is 8.15. The molecule has 7 nitrogen and oxygen atoms in total. The minimum atomic E-state index is -3.25. The average molecular weight is 379 g/mol. The topological polar surface area (TPSA) is 96.0 Å². The van der Waals surface area contributed by atoms with Gasteiger partial charge in [0.2, 0.25) is 5.95 Å². The molecule has 3 rings (SSSR count). The largest absolute Gasteiger partial charge is 0.345 e. The molecule has 142 valence electrons. The predicted octanol–water partition coefficient (Wildman–Crippen LogP) is 2.13. The maximum Gasteiger partial charge on any atom is 0.317 e. The van der Waals surface area contributed by atoms with Crippen molar-refractivity contribution >= 4 is 17.8 Å². The van der Waals surface area contributed by atoms with E-state index in [4.69, 9.17) is 0 Å². The number of anilines is 1. The third-order valence-corrected chi connectivity index (χ3v) is 4.36. The SMILES string of the molecule is O=C(NNC(=O)C(F)F)c1cnc(NC2(c3ccccc3F)CCC2)nc1. The zero-order valence-corrected chi connectivity index (χ0v) is 14.0. The summed E-state index contributed by atoms with van der Waals surface area (Å²) in [5.74, 6) is -2.59. The van der Waals surface area contributed by atoms with Gasteiger partial charge in [0, 0.05) is 18.0 Å². The van der Waals surface area contributed by atoms with Crippen molar-refractivity contribution in [3.8, 4) is 0 Å². The number of aromatic nitrogens is 2.